The van der Waals surface area contributed by atoms with Crippen molar-refractivity contribution in [3.05, 3.63) is 45.8 Å². The Hall–Kier alpha value is -2.16. The lowest BCUT2D eigenvalue weighted by Gasteiger charge is -2.27. The number of sulfone groups is 1. The molecule has 0 saturated carbocycles. The predicted molar refractivity (Wildman–Crippen MR) is 132 cm³/mol. The van der Waals surface area contributed by atoms with E-state index >= 15 is 0 Å². The highest BCUT2D eigenvalue weighted by atomic mass is 32.2. The van der Waals surface area contributed by atoms with E-state index in [2.05, 4.69) is 27.4 Å². The molecule has 3 saturated heterocycles. The summed E-state index contributed by atoms with van der Waals surface area (Å²) in [4.78, 5) is 19.4. The monoisotopic (exact) mass is 483 g/mol. The van der Waals surface area contributed by atoms with Crippen LogP contribution in [-0.4, -0.2) is 47.8 Å². The number of fused-ring (bicyclic) bond motifs is 3. The number of aromatic nitrogens is 1. The Morgan fingerprint density at radius 2 is 1.82 bits per heavy atom. The molecule has 33 heavy (non-hydrogen) atoms. The maximum atomic E-state index is 12.6. The van der Waals surface area contributed by atoms with Gasteiger partial charge < -0.3 is 10.7 Å². The molecular weight excluding hydrogens is 454 g/mol. The molecule has 1 aromatic carbocycles. The third-order valence-corrected chi connectivity index (χ3v) is 11.6. The maximum absolute atomic E-state index is 12.6. The summed E-state index contributed by atoms with van der Waals surface area (Å²) >= 11 is 1.76. The Balaban J connectivity index is 1.38. The van der Waals surface area contributed by atoms with Crippen LogP contribution in [0.1, 0.15) is 65.2 Å². The van der Waals surface area contributed by atoms with Crippen molar-refractivity contribution in [2.24, 2.45) is 5.73 Å². The normalized spacial score (nSPS) is 26.8. The van der Waals surface area contributed by atoms with Crippen LogP contribution in [0, 0.1) is 0 Å². The predicted octanol–water partition coefficient (Wildman–Crippen LogP) is 4.41. The Labute approximate surface area is 198 Å². The molecule has 2 aromatic heterocycles. The van der Waals surface area contributed by atoms with Gasteiger partial charge in [0.15, 0.2) is 9.84 Å². The minimum absolute atomic E-state index is 0.184. The summed E-state index contributed by atoms with van der Waals surface area (Å²) in [6.07, 6.45) is 7.40. The summed E-state index contributed by atoms with van der Waals surface area (Å²) in [7, 11) is -2.97. The molecule has 3 aliphatic rings. The zero-order valence-electron chi connectivity index (χ0n) is 18.5. The number of carbonyl (C=O) groups excluding carboxylic acids is 1. The highest BCUT2D eigenvalue weighted by Crippen LogP contribution is 2.47. The van der Waals surface area contributed by atoms with Gasteiger partial charge in [0.05, 0.1) is 21.6 Å². The van der Waals surface area contributed by atoms with Gasteiger partial charge in [-0.05, 0) is 97.8 Å². The van der Waals surface area contributed by atoms with Crippen molar-refractivity contribution in [2.45, 2.75) is 61.5 Å². The van der Waals surface area contributed by atoms with Crippen molar-refractivity contribution in [1.29, 1.82) is 0 Å². The Kier molecular flexibility index (Phi) is 5.16. The fourth-order valence-electron chi connectivity index (χ4n) is 6.19. The largest absolute Gasteiger partial charge is 0.366 e. The Morgan fingerprint density at radius 3 is 2.52 bits per heavy atom. The van der Waals surface area contributed by atoms with E-state index in [1.54, 1.807) is 11.3 Å². The summed E-state index contributed by atoms with van der Waals surface area (Å²) < 4.78 is 25.2. The average Bonchev–Trinajstić information content (AvgIpc) is 3.55. The quantitative estimate of drug-likeness (QED) is 0.562. The van der Waals surface area contributed by atoms with Crippen LogP contribution in [-0.2, 0) is 16.4 Å². The molecule has 0 radical (unpaired) electrons. The molecule has 1 amide bonds. The SMILES string of the molecule is NC(=O)c1cc(-c2csc(CN3CCCC3)c2)cc2c([C@@H]3C[C@H]4CC[C@@H](C3)S4(=O)=O)c[nH]c12. The van der Waals surface area contributed by atoms with Crippen LogP contribution in [0.5, 0.6) is 0 Å². The van der Waals surface area contributed by atoms with Gasteiger partial charge in [0.1, 0.15) is 0 Å². The number of benzene rings is 1. The molecule has 6 rings (SSSR count). The van der Waals surface area contributed by atoms with E-state index < -0.39 is 15.7 Å². The maximum Gasteiger partial charge on any atom is 0.250 e. The Morgan fingerprint density at radius 1 is 1.09 bits per heavy atom. The van der Waals surface area contributed by atoms with Crippen molar-refractivity contribution >= 4 is 38.0 Å². The van der Waals surface area contributed by atoms with Crippen molar-refractivity contribution in [1.82, 2.24) is 9.88 Å². The lowest BCUT2D eigenvalue weighted by atomic mass is 9.89. The molecule has 3 aromatic rings. The standard InChI is InChI=1S/C25H29N3O3S2/c26-25(29)22-11-15(17-7-18(32-14-17)13-28-5-1-2-6-28)10-21-23(12-27-24(21)22)16-8-19-3-4-20(9-16)33(19,30)31/h7,10-12,14,16,19-20,27H,1-6,8-9,13H2,(H2,26,29)/t16-,19-,20+. The van der Waals surface area contributed by atoms with Crippen LogP contribution < -0.4 is 5.73 Å². The van der Waals surface area contributed by atoms with Gasteiger partial charge in [0, 0.05) is 23.0 Å². The van der Waals surface area contributed by atoms with Crippen molar-refractivity contribution in [3.8, 4) is 11.1 Å². The van der Waals surface area contributed by atoms with Gasteiger partial charge in [-0.1, -0.05) is 0 Å². The van der Waals surface area contributed by atoms with Gasteiger partial charge in [-0.15, -0.1) is 11.3 Å². The molecule has 3 atom stereocenters. The number of primary amides is 1. The number of nitrogens with one attached hydrogen (secondary N) is 1. The van der Waals surface area contributed by atoms with E-state index in [4.69, 9.17) is 5.73 Å². The van der Waals surface area contributed by atoms with E-state index in [0.29, 0.717) is 18.4 Å². The lowest BCUT2D eigenvalue weighted by Crippen LogP contribution is -2.31. The summed E-state index contributed by atoms with van der Waals surface area (Å²) in [5.74, 6) is -0.266. The minimum atomic E-state index is -2.97. The van der Waals surface area contributed by atoms with Crippen LogP contribution >= 0.6 is 11.3 Å². The third kappa shape index (κ3) is 3.63. The highest BCUT2D eigenvalue weighted by Gasteiger charge is 2.47. The number of rotatable bonds is 5. The second-order valence-corrected chi connectivity index (χ2v) is 13.4. The summed E-state index contributed by atoms with van der Waals surface area (Å²) in [5.41, 5.74) is 10.2. The van der Waals surface area contributed by atoms with Gasteiger partial charge in [-0.25, -0.2) is 8.42 Å². The van der Waals surface area contributed by atoms with E-state index in [0.717, 1.165) is 60.1 Å². The summed E-state index contributed by atoms with van der Waals surface area (Å²) in [6, 6.07) is 6.27. The topological polar surface area (TPSA) is 96.3 Å². The van der Waals surface area contributed by atoms with E-state index in [1.165, 1.54) is 17.7 Å². The highest BCUT2D eigenvalue weighted by molar-refractivity contribution is 7.93. The molecule has 2 bridgehead atoms. The summed E-state index contributed by atoms with van der Waals surface area (Å²) in [5, 5.41) is 2.71. The molecule has 0 spiro atoms. The van der Waals surface area contributed by atoms with Crippen LogP contribution in [0.15, 0.2) is 29.8 Å². The molecule has 174 valence electrons. The summed E-state index contributed by atoms with van der Waals surface area (Å²) in [6.45, 7) is 3.30. The fraction of sp³-hybridized carbons (Fsp3) is 0.480. The zero-order valence-corrected chi connectivity index (χ0v) is 20.2. The first-order valence-electron chi connectivity index (χ1n) is 11.9. The van der Waals surface area contributed by atoms with Gasteiger partial charge in [0.25, 0.3) is 5.91 Å². The Bertz CT molecular complexity index is 1310. The molecule has 0 unspecified atom stereocenters. The van der Waals surface area contributed by atoms with E-state index in [9.17, 15) is 13.2 Å². The average molecular weight is 484 g/mol. The molecule has 6 nitrogen and oxygen atoms in total. The molecule has 3 aliphatic heterocycles. The van der Waals surface area contributed by atoms with E-state index in [1.807, 2.05) is 12.3 Å². The van der Waals surface area contributed by atoms with Crippen LogP contribution in [0.4, 0.5) is 0 Å². The molecule has 0 aliphatic carbocycles. The molecule has 3 fully saturated rings. The second-order valence-electron chi connectivity index (χ2n) is 9.92. The number of H-pyrrole nitrogens is 1. The number of aromatic amines is 1. The van der Waals surface area contributed by atoms with Crippen LogP contribution in [0.3, 0.4) is 0 Å². The molecule has 5 heterocycles. The number of nitrogens with zero attached hydrogens (tertiary/aromatic N) is 1. The number of hydrogen-bond acceptors (Lipinski definition) is 5. The van der Waals surface area contributed by atoms with Crippen LogP contribution in [0.2, 0.25) is 0 Å². The lowest BCUT2D eigenvalue weighted by molar-refractivity contribution is 0.100. The first-order chi connectivity index (χ1) is 15.9. The van der Waals surface area contributed by atoms with Crippen LogP contribution in [0.25, 0.3) is 22.0 Å². The minimum Gasteiger partial charge on any atom is -0.366 e. The first kappa shape index (κ1) is 21.4. The zero-order chi connectivity index (χ0) is 22.7. The van der Waals surface area contributed by atoms with Gasteiger partial charge in [-0.3, -0.25) is 9.69 Å². The van der Waals surface area contributed by atoms with Gasteiger partial charge in [0.2, 0.25) is 0 Å². The molecule has 3 N–H and O–H groups in total. The third-order valence-electron chi connectivity index (χ3n) is 7.93. The molecular formula is C25H29N3O3S2. The van der Waals surface area contributed by atoms with Crippen molar-refractivity contribution in [2.75, 3.05) is 13.1 Å². The number of nitrogens with two attached hydrogens (primary N) is 1. The fourth-order valence-corrected chi connectivity index (χ4v) is 9.60. The second kappa shape index (κ2) is 7.96. The molecule has 8 heteroatoms. The first-order valence-corrected chi connectivity index (χ1v) is 14.4. The number of amides is 1. The van der Waals surface area contributed by atoms with Crippen molar-refractivity contribution < 1.29 is 13.2 Å². The smallest absolute Gasteiger partial charge is 0.250 e. The number of thiophene rings is 1. The number of likely N-dealkylation sites (tertiary alicyclic amines) is 1. The van der Waals surface area contributed by atoms with Gasteiger partial charge >= 0.3 is 0 Å². The number of hydrogen-bond donors (Lipinski definition) is 2. The van der Waals surface area contributed by atoms with Gasteiger partial charge in [-0.2, -0.15) is 0 Å². The number of carbonyl (C=O) groups is 1. The van der Waals surface area contributed by atoms with E-state index in [-0.39, 0.29) is 16.4 Å². The van der Waals surface area contributed by atoms with Crippen molar-refractivity contribution in [3.63, 3.8) is 0 Å².